The Labute approximate surface area is 152 Å². The molecule has 0 radical (unpaired) electrons. The number of rotatable bonds is 9. The van der Waals surface area contributed by atoms with Gasteiger partial charge in [0.15, 0.2) is 0 Å². The summed E-state index contributed by atoms with van der Waals surface area (Å²) >= 11 is 0. The molecule has 138 valence electrons. The molecule has 2 heterocycles. The lowest BCUT2D eigenvalue weighted by atomic mass is 10.1. The van der Waals surface area contributed by atoms with Gasteiger partial charge in [-0.25, -0.2) is 18.7 Å². The Bertz CT molecular complexity index is 826. The Morgan fingerprint density at radius 3 is 3.00 bits per heavy atom. The Balaban J connectivity index is 1.51. The fourth-order valence-corrected chi connectivity index (χ4v) is 2.82. The monoisotopic (exact) mass is 357 g/mol. The molecule has 1 aromatic carbocycles. The van der Waals surface area contributed by atoms with Crippen LogP contribution in [0.25, 0.3) is 0 Å². The van der Waals surface area contributed by atoms with Crippen molar-refractivity contribution in [3.8, 4) is 0 Å². The molecule has 0 saturated carbocycles. The zero-order valence-electron chi connectivity index (χ0n) is 15.1. The van der Waals surface area contributed by atoms with Gasteiger partial charge in [0.2, 0.25) is 0 Å². The standard InChI is InChI=1S/C18H24FN7/c1-3-7-26-18(21-13-22-26)12-25-11-17(23-24-25)10-20-14(2)8-15-5-4-6-16(19)9-15/h4-6,9,11,13-14,20H,3,7-8,10,12H2,1-2H3. The number of aryl methyl sites for hydroxylation is 1. The number of nitrogens with one attached hydrogen (secondary N) is 1. The zero-order chi connectivity index (χ0) is 18.4. The molecule has 1 unspecified atom stereocenters. The highest BCUT2D eigenvalue weighted by Crippen LogP contribution is 2.07. The van der Waals surface area contributed by atoms with Gasteiger partial charge in [0, 0.05) is 19.1 Å². The minimum atomic E-state index is -0.200. The van der Waals surface area contributed by atoms with Gasteiger partial charge in [-0.3, -0.25) is 0 Å². The first-order valence-corrected chi connectivity index (χ1v) is 8.87. The number of hydrogen-bond donors (Lipinski definition) is 1. The van der Waals surface area contributed by atoms with Crippen LogP contribution in [0.5, 0.6) is 0 Å². The normalized spacial score (nSPS) is 12.4. The molecule has 2 aromatic heterocycles. The summed E-state index contributed by atoms with van der Waals surface area (Å²) in [6, 6.07) is 6.90. The van der Waals surface area contributed by atoms with E-state index in [9.17, 15) is 4.39 Å². The second kappa shape index (κ2) is 8.66. The first-order chi connectivity index (χ1) is 12.6. The van der Waals surface area contributed by atoms with Crippen LogP contribution in [-0.4, -0.2) is 35.8 Å². The second-order valence-electron chi connectivity index (χ2n) is 6.42. The highest BCUT2D eigenvalue weighted by Gasteiger charge is 2.09. The molecular weight excluding hydrogens is 333 g/mol. The fraction of sp³-hybridized carbons (Fsp3) is 0.444. The molecule has 0 amide bonds. The van der Waals surface area contributed by atoms with E-state index in [1.165, 1.54) is 6.07 Å². The smallest absolute Gasteiger partial charge is 0.148 e. The Kier molecular flexibility index (Phi) is 6.06. The van der Waals surface area contributed by atoms with E-state index in [4.69, 9.17) is 0 Å². The third kappa shape index (κ3) is 4.95. The first kappa shape index (κ1) is 18.2. The van der Waals surface area contributed by atoms with Crippen molar-refractivity contribution < 1.29 is 4.39 Å². The van der Waals surface area contributed by atoms with E-state index >= 15 is 0 Å². The highest BCUT2D eigenvalue weighted by molar-refractivity contribution is 5.17. The van der Waals surface area contributed by atoms with Crippen molar-refractivity contribution in [2.24, 2.45) is 0 Å². The molecule has 8 heteroatoms. The molecule has 1 atom stereocenters. The lowest BCUT2D eigenvalue weighted by Gasteiger charge is -2.12. The molecule has 1 N–H and O–H groups in total. The van der Waals surface area contributed by atoms with E-state index in [2.05, 4.69) is 39.6 Å². The molecule has 0 aliphatic heterocycles. The van der Waals surface area contributed by atoms with E-state index in [-0.39, 0.29) is 11.9 Å². The Morgan fingerprint density at radius 2 is 2.19 bits per heavy atom. The molecule has 0 aliphatic carbocycles. The van der Waals surface area contributed by atoms with Crippen LogP contribution in [0, 0.1) is 5.82 Å². The van der Waals surface area contributed by atoms with E-state index in [0.29, 0.717) is 13.1 Å². The summed E-state index contributed by atoms with van der Waals surface area (Å²) in [5.74, 6) is 0.671. The van der Waals surface area contributed by atoms with Gasteiger partial charge in [0.05, 0.1) is 11.9 Å². The maximum atomic E-state index is 13.3. The van der Waals surface area contributed by atoms with Crippen molar-refractivity contribution in [2.75, 3.05) is 0 Å². The van der Waals surface area contributed by atoms with Crippen LogP contribution in [-0.2, 0) is 26.1 Å². The van der Waals surface area contributed by atoms with Gasteiger partial charge in [-0.05, 0) is 37.5 Å². The summed E-state index contributed by atoms with van der Waals surface area (Å²) in [5.41, 5.74) is 1.83. The number of halogens is 1. The van der Waals surface area contributed by atoms with Crippen molar-refractivity contribution in [1.82, 2.24) is 35.1 Å². The van der Waals surface area contributed by atoms with Crippen molar-refractivity contribution in [2.45, 2.75) is 52.4 Å². The summed E-state index contributed by atoms with van der Waals surface area (Å²) in [4.78, 5) is 4.28. The Hall–Kier alpha value is -2.61. The van der Waals surface area contributed by atoms with Gasteiger partial charge >= 0.3 is 0 Å². The predicted octanol–water partition coefficient (Wildman–Crippen LogP) is 2.19. The first-order valence-electron chi connectivity index (χ1n) is 8.87. The summed E-state index contributed by atoms with van der Waals surface area (Å²) in [6.45, 7) is 6.18. The number of benzene rings is 1. The quantitative estimate of drug-likeness (QED) is 0.635. The van der Waals surface area contributed by atoms with E-state index in [0.717, 1.165) is 36.5 Å². The topological polar surface area (TPSA) is 73.5 Å². The molecule has 7 nitrogen and oxygen atoms in total. The second-order valence-corrected chi connectivity index (χ2v) is 6.42. The molecule has 0 aliphatic rings. The third-order valence-electron chi connectivity index (χ3n) is 4.08. The maximum absolute atomic E-state index is 13.3. The minimum Gasteiger partial charge on any atom is -0.308 e. The number of aromatic nitrogens is 6. The van der Waals surface area contributed by atoms with E-state index in [1.54, 1.807) is 23.1 Å². The average Bonchev–Trinajstić information content (AvgIpc) is 3.24. The van der Waals surface area contributed by atoms with E-state index < -0.39 is 0 Å². The summed E-state index contributed by atoms with van der Waals surface area (Å²) in [6.07, 6.45) is 5.24. The lowest BCUT2D eigenvalue weighted by Crippen LogP contribution is -2.27. The van der Waals surface area contributed by atoms with Gasteiger partial charge in [-0.15, -0.1) is 5.10 Å². The summed E-state index contributed by atoms with van der Waals surface area (Å²) in [7, 11) is 0. The number of hydrogen-bond acceptors (Lipinski definition) is 5. The van der Waals surface area contributed by atoms with Crippen LogP contribution >= 0.6 is 0 Å². The van der Waals surface area contributed by atoms with Crippen LogP contribution in [0.2, 0.25) is 0 Å². The molecular formula is C18H24FN7. The molecule has 0 fully saturated rings. The minimum absolute atomic E-state index is 0.200. The van der Waals surface area contributed by atoms with Crippen LogP contribution < -0.4 is 5.32 Å². The van der Waals surface area contributed by atoms with Gasteiger partial charge in [0.25, 0.3) is 0 Å². The Morgan fingerprint density at radius 1 is 1.31 bits per heavy atom. The van der Waals surface area contributed by atoms with Crippen LogP contribution in [0.3, 0.4) is 0 Å². The van der Waals surface area contributed by atoms with Crippen molar-refractivity contribution >= 4 is 0 Å². The van der Waals surface area contributed by atoms with Crippen LogP contribution in [0.1, 0.15) is 37.4 Å². The molecule has 0 spiro atoms. The molecule has 3 aromatic rings. The predicted molar refractivity (Wildman–Crippen MR) is 95.8 cm³/mol. The zero-order valence-corrected chi connectivity index (χ0v) is 15.1. The van der Waals surface area contributed by atoms with Gasteiger partial charge in [-0.1, -0.05) is 24.3 Å². The maximum Gasteiger partial charge on any atom is 0.148 e. The van der Waals surface area contributed by atoms with Crippen molar-refractivity contribution in [1.29, 1.82) is 0 Å². The van der Waals surface area contributed by atoms with Crippen LogP contribution in [0.4, 0.5) is 4.39 Å². The summed E-state index contributed by atoms with van der Waals surface area (Å²) in [5, 5.41) is 16.0. The summed E-state index contributed by atoms with van der Waals surface area (Å²) < 4.78 is 16.9. The van der Waals surface area contributed by atoms with Crippen molar-refractivity contribution in [3.05, 3.63) is 59.7 Å². The molecule has 26 heavy (non-hydrogen) atoms. The SMILES string of the molecule is CCCn1ncnc1Cn1cc(CNC(C)Cc2cccc(F)c2)nn1. The van der Waals surface area contributed by atoms with Crippen LogP contribution in [0.15, 0.2) is 36.8 Å². The number of nitrogens with zero attached hydrogens (tertiary/aromatic N) is 6. The van der Waals surface area contributed by atoms with Gasteiger partial charge in [0.1, 0.15) is 24.5 Å². The van der Waals surface area contributed by atoms with Crippen molar-refractivity contribution in [3.63, 3.8) is 0 Å². The van der Waals surface area contributed by atoms with E-state index in [1.807, 2.05) is 16.9 Å². The molecule has 0 bridgehead atoms. The molecule has 0 saturated heterocycles. The highest BCUT2D eigenvalue weighted by atomic mass is 19.1. The third-order valence-corrected chi connectivity index (χ3v) is 4.08. The lowest BCUT2D eigenvalue weighted by molar-refractivity contribution is 0.532. The molecule has 3 rings (SSSR count). The fourth-order valence-electron chi connectivity index (χ4n) is 2.82. The van der Waals surface area contributed by atoms with Gasteiger partial charge < -0.3 is 5.32 Å². The largest absolute Gasteiger partial charge is 0.308 e. The van der Waals surface area contributed by atoms with Gasteiger partial charge in [-0.2, -0.15) is 5.10 Å². The average molecular weight is 357 g/mol.